The number of nitrogens with zero attached hydrogens (tertiary/aromatic N) is 4. The fourth-order valence-corrected chi connectivity index (χ4v) is 3.73. The van der Waals surface area contributed by atoms with Crippen LogP contribution in [0.5, 0.6) is 0 Å². The summed E-state index contributed by atoms with van der Waals surface area (Å²) in [7, 11) is -3.87. The Hall–Kier alpha value is -2.75. The van der Waals surface area contributed by atoms with Crippen molar-refractivity contribution in [1.29, 1.82) is 0 Å². The van der Waals surface area contributed by atoms with E-state index in [1.165, 1.54) is 24.5 Å². The van der Waals surface area contributed by atoms with Gasteiger partial charge >= 0.3 is 0 Å². The Morgan fingerprint density at radius 2 is 1.73 bits per heavy atom. The van der Waals surface area contributed by atoms with Crippen LogP contribution in [0.15, 0.2) is 41.6 Å². The van der Waals surface area contributed by atoms with Gasteiger partial charge < -0.3 is 4.90 Å². The molecule has 138 valence electrons. The smallest absolute Gasteiger partial charge is 0.269 e. The first kappa shape index (κ1) is 18.1. The lowest BCUT2D eigenvalue weighted by Gasteiger charge is -2.30. The number of rotatable bonds is 5. The molecule has 2 aromatic rings. The number of non-ortho nitro benzene ring substituents is 1. The lowest BCUT2D eigenvalue weighted by Crippen LogP contribution is -2.34. The summed E-state index contributed by atoms with van der Waals surface area (Å²) in [5.41, 5.74) is 0.0602. The molecule has 26 heavy (non-hydrogen) atoms. The van der Waals surface area contributed by atoms with Crippen molar-refractivity contribution in [3.63, 3.8) is 0 Å². The Bertz CT molecular complexity index is 876. The number of hydrogen-bond donors (Lipinski definition) is 1. The second-order valence-electron chi connectivity index (χ2n) is 6.30. The first-order valence-electron chi connectivity index (χ1n) is 8.19. The Kier molecular flexibility index (Phi) is 5.03. The Morgan fingerprint density at radius 3 is 2.27 bits per heavy atom. The summed E-state index contributed by atoms with van der Waals surface area (Å²) < 4.78 is 27.1. The minimum Gasteiger partial charge on any atom is -0.341 e. The molecule has 10 heteroatoms. The fourth-order valence-electron chi connectivity index (χ4n) is 2.71. The van der Waals surface area contributed by atoms with Gasteiger partial charge in [-0.05, 0) is 30.9 Å². The zero-order valence-corrected chi connectivity index (χ0v) is 15.0. The molecule has 0 radical (unpaired) electrons. The highest BCUT2D eigenvalue weighted by Gasteiger charge is 2.19. The first-order valence-corrected chi connectivity index (χ1v) is 9.68. The molecule has 0 spiro atoms. The fraction of sp³-hybridized carbons (Fsp3) is 0.375. The van der Waals surface area contributed by atoms with Gasteiger partial charge in [-0.25, -0.2) is 18.4 Å². The third kappa shape index (κ3) is 4.07. The zero-order chi connectivity index (χ0) is 18.7. The topological polar surface area (TPSA) is 118 Å². The van der Waals surface area contributed by atoms with Crippen molar-refractivity contribution in [3.8, 4) is 0 Å². The normalized spacial score (nSPS) is 15.7. The minimum atomic E-state index is -3.87. The highest BCUT2D eigenvalue weighted by atomic mass is 32.2. The molecule has 1 aliphatic heterocycles. The second kappa shape index (κ2) is 7.24. The minimum absolute atomic E-state index is 0.0720. The third-order valence-electron chi connectivity index (χ3n) is 4.31. The summed E-state index contributed by atoms with van der Waals surface area (Å²) in [5, 5.41) is 10.7. The molecule has 1 aromatic heterocycles. The molecular weight excluding hydrogens is 358 g/mol. The van der Waals surface area contributed by atoms with E-state index in [-0.39, 0.29) is 16.3 Å². The van der Waals surface area contributed by atoms with Crippen LogP contribution in [0, 0.1) is 16.0 Å². The summed E-state index contributed by atoms with van der Waals surface area (Å²) in [4.78, 5) is 20.6. The van der Waals surface area contributed by atoms with Crippen molar-refractivity contribution in [2.45, 2.75) is 24.7 Å². The van der Waals surface area contributed by atoms with E-state index >= 15 is 0 Å². The molecule has 1 saturated heterocycles. The van der Waals surface area contributed by atoms with Gasteiger partial charge in [-0.15, -0.1) is 0 Å². The molecule has 0 atom stereocenters. The van der Waals surface area contributed by atoms with Crippen molar-refractivity contribution in [2.75, 3.05) is 22.7 Å². The van der Waals surface area contributed by atoms with Crippen LogP contribution in [0.1, 0.15) is 19.8 Å². The number of sulfonamides is 1. The summed E-state index contributed by atoms with van der Waals surface area (Å²) >= 11 is 0. The highest BCUT2D eigenvalue weighted by molar-refractivity contribution is 7.92. The van der Waals surface area contributed by atoms with Crippen molar-refractivity contribution in [2.24, 2.45) is 5.92 Å². The quantitative estimate of drug-likeness (QED) is 0.628. The van der Waals surface area contributed by atoms with Gasteiger partial charge in [-0.2, -0.15) is 0 Å². The van der Waals surface area contributed by atoms with Crippen molar-refractivity contribution >= 4 is 27.3 Å². The van der Waals surface area contributed by atoms with E-state index in [4.69, 9.17) is 0 Å². The van der Waals surface area contributed by atoms with Gasteiger partial charge in [0.05, 0.1) is 27.9 Å². The molecule has 0 bridgehead atoms. The van der Waals surface area contributed by atoms with Gasteiger partial charge in [0.25, 0.3) is 15.7 Å². The van der Waals surface area contributed by atoms with E-state index in [9.17, 15) is 18.5 Å². The van der Waals surface area contributed by atoms with Crippen LogP contribution in [0.25, 0.3) is 0 Å². The molecular formula is C16H19N5O4S. The van der Waals surface area contributed by atoms with Crippen molar-refractivity contribution in [3.05, 3.63) is 46.8 Å². The van der Waals surface area contributed by atoms with E-state index < -0.39 is 14.9 Å². The molecule has 1 aliphatic rings. The number of nitro benzene ring substituents is 1. The Balaban J connectivity index is 1.70. The number of benzene rings is 1. The SMILES string of the molecule is CC1CCN(c2ncc(NS(=O)(=O)c3ccc([N+](=O)[O-])cc3)cn2)CC1. The maximum absolute atomic E-state index is 12.4. The van der Waals surface area contributed by atoms with E-state index in [2.05, 4.69) is 26.5 Å². The van der Waals surface area contributed by atoms with Crippen molar-refractivity contribution in [1.82, 2.24) is 9.97 Å². The van der Waals surface area contributed by atoms with Crippen molar-refractivity contribution < 1.29 is 13.3 Å². The Labute approximate surface area is 151 Å². The highest BCUT2D eigenvalue weighted by Crippen LogP contribution is 2.22. The number of anilines is 2. The van der Waals surface area contributed by atoms with Gasteiger partial charge in [0, 0.05) is 25.2 Å². The maximum Gasteiger partial charge on any atom is 0.269 e. The lowest BCUT2D eigenvalue weighted by molar-refractivity contribution is -0.384. The summed E-state index contributed by atoms with van der Waals surface area (Å²) in [6.07, 6.45) is 5.00. The molecule has 1 aromatic carbocycles. The zero-order valence-electron chi connectivity index (χ0n) is 14.2. The van der Waals surface area contributed by atoms with Crippen LogP contribution in [0.3, 0.4) is 0 Å². The van der Waals surface area contributed by atoms with Gasteiger partial charge in [0.1, 0.15) is 0 Å². The number of aromatic nitrogens is 2. The molecule has 0 saturated carbocycles. The predicted molar refractivity (Wildman–Crippen MR) is 96.5 cm³/mol. The first-order chi connectivity index (χ1) is 12.3. The van der Waals surface area contributed by atoms with E-state index in [1.807, 2.05) is 0 Å². The second-order valence-corrected chi connectivity index (χ2v) is 7.98. The summed E-state index contributed by atoms with van der Waals surface area (Å²) in [6.45, 7) is 3.98. The van der Waals surface area contributed by atoms with E-state index in [0.717, 1.165) is 38.1 Å². The summed E-state index contributed by atoms with van der Waals surface area (Å²) in [5.74, 6) is 1.27. The van der Waals surface area contributed by atoms with Gasteiger partial charge in [-0.3, -0.25) is 14.8 Å². The van der Waals surface area contributed by atoms with E-state index in [0.29, 0.717) is 11.9 Å². The molecule has 1 fully saturated rings. The van der Waals surface area contributed by atoms with Crippen LogP contribution in [0.4, 0.5) is 17.3 Å². The van der Waals surface area contributed by atoms with Gasteiger partial charge in [0.2, 0.25) is 5.95 Å². The number of hydrogen-bond acceptors (Lipinski definition) is 7. The third-order valence-corrected chi connectivity index (χ3v) is 5.71. The monoisotopic (exact) mass is 377 g/mol. The number of nitro groups is 1. The number of piperidine rings is 1. The van der Waals surface area contributed by atoms with Gasteiger partial charge in [0.15, 0.2) is 0 Å². The molecule has 1 N–H and O–H groups in total. The molecule has 3 rings (SSSR count). The molecule has 0 aliphatic carbocycles. The molecule has 9 nitrogen and oxygen atoms in total. The summed E-state index contributed by atoms with van der Waals surface area (Å²) in [6, 6.07) is 4.66. The van der Waals surface area contributed by atoms with Crippen LogP contribution in [-0.2, 0) is 10.0 Å². The number of nitrogens with one attached hydrogen (secondary N) is 1. The average Bonchev–Trinajstić information content (AvgIpc) is 2.63. The maximum atomic E-state index is 12.4. The average molecular weight is 377 g/mol. The molecule has 2 heterocycles. The molecule has 0 unspecified atom stereocenters. The predicted octanol–water partition coefficient (Wildman–Crippen LogP) is 2.42. The van der Waals surface area contributed by atoms with Crippen LogP contribution in [0.2, 0.25) is 0 Å². The lowest BCUT2D eigenvalue weighted by atomic mass is 10.00. The largest absolute Gasteiger partial charge is 0.341 e. The molecule has 0 amide bonds. The van der Waals surface area contributed by atoms with Crippen LogP contribution >= 0.6 is 0 Å². The van der Waals surface area contributed by atoms with Gasteiger partial charge in [-0.1, -0.05) is 6.92 Å². The Morgan fingerprint density at radius 1 is 1.15 bits per heavy atom. The standard InChI is InChI=1S/C16H19N5O4S/c1-12-6-8-20(9-7-12)16-17-10-13(11-18-16)19-26(24,25)15-4-2-14(3-5-15)21(22)23/h2-5,10-12,19H,6-9H2,1H3. The van der Waals surface area contributed by atoms with E-state index in [1.54, 1.807) is 0 Å². The van der Waals surface area contributed by atoms with Crippen LogP contribution < -0.4 is 9.62 Å². The van der Waals surface area contributed by atoms with Crippen LogP contribution in [-0.4, -0.2) is 36.4 Å².